The van der Waals surface area contributed by atoms with Gasteiger partial charge in [-0.25, -0.2) is 0 Å². The normalized spacial score (nSPS) is 16.9. The molecule has 1 heterocycles. The summed E-state index contributed by atoms with van der Waals surface area (Å²) < 4.78 is 2.96. The van der Waals surface area contributed by atoms with E-state index in [4.69, 9.17) is 0 Å². The number of rotatable bonds is 3. The highest BCUT2D eigenvalue weighted by Gasteiger charge is 2.26. The van der Waals surface area contributed by atoms with Gasteiger partial charge in [-0.2, -0.15) is 5.10 Å². The van der Waals surface area contributed by atoms with Gasteiger partial charge in [0.25, 0.3) is 0 Å². The second-order valence-electron chi connectivity index (χ2n) is 3.74. The average molecular weight is 244 g/mol. The Morgan fingerprint density at radius 2 is 2.38 bits per heavy atom. The minimum atomic E-state index is 0.800. The van der Waals surface area contributed by atoms with Crippen LogP contribution in [0.15, 0.2) is 10.7 Å². The quantitative estimate of drug-likeness (QED) is 0.808. The highest BCUT2D eigenvalue weighted by Crippen LogP contribution is 2.27. The summed E-state index contributed by atoms with van der Waals surface area (Å²) >= 11 is 3.51. The van der Waals surface area contributed by atoms with Crippen molar-refractivity contribution < 1.29 is 0 Å². The van der Waals surface area contributed by atoms with Crippen molar-refractivity contribution >= 4 is 15.9 Å². The van der Waals surface area contributed by atoms with Gasteiger partial charge in [0.15, 0.2) is 0 Å². The van der Waals surface area contributed by atoms with Gasteiger partial charge in [0, 0.05) is 25.8 Å². The average Bonchev–Trinajstić information content (AvgIpc) is 2.81. The largest absolute Gasteiger partial charge is 0.297 e. The van der Waals surface area contributed by atoms with Crippen LogP contribution in [0.5, 0.6) is 0 Å². The van der Waals surface area contributed by atoms with Crippen LogP contribution >= 0.6 is 15.9 Å². The van der Waals surface area contributed by atoms with E-state index >= 15 is 0 Å². The first-order chi connectivity index (χ1) is 6.16. The highest BCUT2D eigenvalue weighted by atomic mass is 79.9. The van der Waals surface area contributed by atoms with Crippen LogP contribution in [-0.4, -0.2) is 27.8 Å². The van der Waals surface area contributed by atoms with Crippen molar-refractivity contribution in [2.24, 2.45) is 7.05 Å². The molecule has 1 aromatic rings. The SMILES string of the molecule is CN(Cc1nn(C)cc1Br)C1CC1. The van der Waals surface area contributed by atoms with Crippen molar-refractivity contribution in [2.75, 3.05) is 7.05 Å². The first-order valence-electron chi connectivity index (χ1n) is 4.55. The minimum Gasteiger partial charge on any atom is -0.297 e. The monoisotopic (exact) mass is 243 g/mol. The molecule has 0 aromatic carbocycles. The van der Waals surface area contributed by atoms with Crippen molar-refractivity contribution in [3.63, 3.8) is 0 Å². The molecule has 0 atom stereocenters. The second kappa shape index (κ2) is 3.42. The van der Waals surface area contributed by atoms with Crippen LogP contribution < -0.4 is 0 Å². The summed E-state index contributed by atoms with van der Waals surface area (Å²) in [6, 6.07) is 0.800. The molecular weight excluding hydrogens is 230 g/mol. The molecule has 3 nitrogen and oxygen atoms in total. The summed E-state index contributed by atoms with van der Waals surface area (Å²) in [6.45, 7) is 0.950. The van der Waals surface area contributed by atoms with Gasteiger partial charge >= 0.3 is 0 Å². The molecule has 0 amide bonds. The Labute approximate surface area is 86.8 Å². The topological polar surface area (TPSA) is 21.1 Å². The fourth-order valence-corrected chi connectivity index (χ4v) is 1.99. The zero-order valence-corrected chi connectivity index (χ0v) is 9.58. The number of aryl methyl sites for hydroxylation is 1. The van der Waals surface area contributed by atoms with Gasteiger partial charge in [-0.15, -0.1) is 0 Å². The summed E-state index contributed by atoms with van der Waals surface area (Å²) in [5, 5.41) is 4.39. The molecule has 72 valence electrons. The molecule has 1 aliphatic rings. The molecule has 0 spiro atoms. The van der Waals surface area contributed by atoms with Gasteiger partial charge in [-0.05, 0) is 35.8 Å². The predicted octanol–water partition coefficient (Wildman–Crippen LogP) is 1.78. The maximum Gasteiger partial charge on any atom is 0.0906 e. The van der Waals surface area contributed by atoms with Crippen LogP contribution in [0.2, 0.25) is 0 Å². The van der Waals surface area contributed by atoms with E-state index in [1.54, 1.807) is 0 Å². The maximum absolute atomic E-state index is 4.39. The molecule has 4 heteroatoms. The number of hydrogen-bond donors (Lipinski definition) is 0. The lowest BCUT2D eigenvalue weighted by Gasteiger charge is -2.13. The van der Waals surface area contributed by atoms with Crippen molar-refractivity contribution in [3.8, 4) is 0 Å². The second-order valence-corrected chi connectivity index (χ2v) is 4.60. The van der Waals surface area contributed by atoms with Gasteiger partial charge in [-0.3, -0.25) is 9.58 Å². The zero-order chi connectivity index (χ0) is 9.42. The van der Waals surface area contributed by atoms with E-state index < -0.39 is 0 Å². The Morgan fingerprint density at radius 3 is 2.85 bits per heavy atom. The molecular formula is C9H14BrN3. The van der Waals surface area contributed by atoms with E-state index in [1.807, 2.05) is 17.9 Å². The summed E-state index contributed by atoms with van der Waals surface area (Å²) in [7, 11) is 4.12. The van der Waals surface area contributed by atoms with Crippen molar-refractivity contribution in [3.05, 3.63) is 16.4 Å². The van der Waals surface area contributed by atoms with Crippen LogP contribution in [0.1, 0.15) is 18.5 Å². The van der Waals surface area contributed by atoms with Gasteiger partial charge < -0.3 is 0 Å². The fourth-order valence-electron chi connectivity index (χ4n) is 1.49. The van der Waals surface area contributed by atoms with Crippen molar-refractivity contribution in [1.82, 2.24) is 14.7 Å². The summed E-state index contributed by atoms with van der Waals surface area (Å²) in [5.74, 6) is 0. The van der Waals surface area contributed by atoms with E-state index in [1.165, 1.54) is 12.8 Å². The van der Waals surface area contributed by atoms with Gasteiger partial charge in [-0.1, -0.05) is 0 Å². The van der Waals surface area contributed by atoms with E-state index in [-0.39, 0.29) is 0 Å². The number of aromatic nitrogens is 2. The first kappa shape index (κ1) is 9.21. The molecule has 13 heavy (non-hydrogen) atoms. The molecule has 1 aliphatic carbocycles. The molecule has 1 fully saturated rings. The lowest BCUT2D eigenvalue weighted by molar-refractivity contribution is 0.311. The lowest BCUT2D eigenvalue weighted by Crippen LogP contribution is -2.20. The van der Waals surface area contributed by atoms with Crippen molar-refractivity contribution in [1.29, 1.82) is 0 Å². The predicted molar refractivity (Wildman–Crippen MR) is 55.4 cm³/mol. The molecule has 0 aliphatic heterocycles. The van der Waals surface area contributed by atoms with Crippen LogP contribution in [0.25, 0.3) is 0 Å². The molecule has 1 aromatic heterocycles. The summed E-state index contributed by atoms with van der Waals surface area (Å²) in [5.41, 5.74) is 1.14. The Morgan fingerprint density at radius 1 is 1.69 bits per heavy atom. The van der Waals surface area contributed by atoms with Crippen LogP contribution in [0, 0.1) is 0 Å². The van der Waals surface area contributed by atoms with Crippen molar-refractivity contribution in [2.45, 2.75) is 25.4 Å². The Kier molecular flexibility index (Phi) is 2.43. The molecule has 0 saturated heterocycles. The third-order valence-electron chi connectivity index (χ3n) is 2.42. The number of nitrogens with zero attached hydrogens (tertiary/aromatic N) is 3. The fraction of sp³-hybridized carbons (Fsp3) is 0.667. The molecule has 0 bridgehead atoms. The Balaban J connectivity index is 2.03. The van der Waals surface area contributed by atoms with E-state index in [9.17, 15) is 0 Å². The molecule has 0 radical (unpaired) electrons. The van der Waals surface area contributed by atoms with Crippen LogP contribution in [0.4, 0.5) is 0 Å². The Bertz CT molecular complexity index is 304. The summed E-state index contributed by atoms with van der Waals surface area (Å²) in [4.78, 5) is 2.37. The van der Waals surface area contributed by atoms with Crippen LogP contribution in [-0.2, 0) is 13.6 Å². The van der Waals surface area contributed by atoms with Gasteiger partial charge in [0.1, 0.15) is 0 Å². The van der Waals surface area contributed by atoms with E-state index in [2.05, 4.69) is 33.0 Å². The van der Waals surface area contributed by atoms with E-state index in [0.29, 0.717) is 0 Å². The lowest BCUT2D eigenvalue weighted by atomic mass is 10.4. The highest BCUT2D eigenvalue weighted by molar-refractivity contribution is 9.10. The maximum atomic E-state index is 4.39. The minimum absolute atomic E-state index is 0.800. The summed E-state index contributed by atoms with van der Waals surface area (Å²) in [6.07, 6.45) is 4.69. The molecule has 0 unspecified atom stereocenters. The smallest absolute Gasteiger partial charge is 0.0906 e. The first-order valence-corrected chi connectivity index (χ1v) is 5.34. The van der Waals surface area contributed by atoms with E-state index in [0.717, 1.165) is 22.8 Å². The molecule has 2 rings (SSSR count). The van der Waals surface area contributed by atoms with Gasteiger partial charge in [0.2, 0.25) is 0 Å². The number of halogens is 1. The zero-order valence-electron chi connectivity index (χ0n) is 8.00. The standard InChI is InChI=1S/C9H14BrN3/c1-12(7-3-4-7)6-9-8(10)5-13(2)11-9/h5,7H,3-4,6H2,1-2H3. The van der Waals surface area contributed by atoms with Crippen LogP contribution in [0.3, 0.4) is 0 Å². The molecule has 0 N–H and O–H groups in total. The number of hydrogen-bond acceptors (Lipinski definition) is 2. The van der Waals surface area contributed by atoms with Gasteiger partial charge in [0.05, 0.1) is 10.2 Å². The molecule has 1 saturated carbocycles. The Hall–Kier alpha value is -0.350. The third kappa shape index (κ3) is 2.11. The third-order valence-corrected chi connectivity index (χ3v) is 3.09.